The molecule has 2 heterocycles. The van der Waals surface area contributed by atoms with E-state index in [1.165, 1.54) is 5.56 Å². The molecule has 0 bridgehead atoms. The molecule has 0 spiro atoms. The van der Waals surface area contributed by atoms with E-state index in [-0.39, 0.29) is 0 Å². The van der Waals surface area contributed by atoms with Gasteiger partial charge in [-0.2, -0.15) is 0 Å². The molecule has 0 N–H and O–H groups in total. The van der Waals surface area contributed by atoms with Crippen LogP contribution >= 0.6 is 0 Å². The Morgan fingerprint density at radius 1 is 1.14 bits per heavy atom. The van der Waals surface area contributed by atoms with Crippen LogP contribution < -0.4 is 9.47 Å². The standard InChI is InChI=1S/C18H22N2O2/c1-2-3-7-21-17-8-14(10-20-12-17)18-9-15(18)13-22-16-5-4-6-19-11-16/h4-6,8,10-12,15,18H,2-3,7,9,13H2,1H3/t15-,18-/m1/s1. The Balaban J connectivity index is 1.50. The van der Waals surface area contributed by atoms with E-state index >= 15 is 0 Å². The van der Waals surface area contributed by atoms with Crippen LogP contribution in [0.2, 0.25) is 0 Å². The van der Waals surface area contributed by atoms with Crippen molar-refractivity contribution in [2.24, 2.45) is 5.92 Å². The third-order valence-electron chi connectivity index (χ3n) is 3.95. The van der Waals surface area contributed by atoms with Crippen molar-refractivity contribution < 1.29 is 9.47 Å². The highest BCUT2D eigenvalue weighted by Crippen LogP contribution is 2.47. The van der Waals surface area contributed by atoms with Gasteiger partial charge in [0.05, 0.1) is 25.6 Å². The molecular weight excluding hydrogens is 276 g/mol. The van der Waals surface area contributed by atoms with Crippen molar-refractivity contribution in [3.8, 4) is 11.5 Å². The zero-order chi connectivity index (χ0) is 15.2. The van der Waals surface area contributed by atoms with Crippen molar-refractivity contribution in [2.75, 3.05) is 13.2 Å². The smallest absolute Gasteiger partial charge is 0.137 e. The Bertz CT molecular complexity index is 589. The second-order valence-electron chi connectivity index (χ2n) is 5.76. The Morgan fingerprint density at radius 3 is 2.86 bits per heavy atom. The number of aromatic nitrogens is 2. The Labute approximate surface area is 131 Å². The second kappa shape index (κ2) is 7.25. The third kappa shape index (κ3) is 3.97. The number of rotatable bonds is 8. The Kier molecular flexibility index (Phi) is 4.88. The predicted octanol–water partition coefficient (Wildman–Crippen LogP) is 3.84. The van der Waals surface area contributed by atoms with E-state index in [2.05, 4.69) is 23.0 Å². The molecule has 22 heavy (non-hydrogen) atoms. The summed E-state index contributed by atoms with van der Waals surface area (Å²) in [6, 6.07) is 5.95. The van der Waals surface area contributed by atoms with Gasteiger partial charge in [-0.25, -0.2) is 0 Å². The minimum Gasteiger partial charge on any atom is -0.492 e. The summed E-state index contributed by atoms with van der Waals surface area (Å²) in [5.41, 5.74) is 1.26. The molecule has 2 atom stereocenters. The quantitative estimate of drug-likeness (QED) is 0.695. The molecule has 116 valence electrons. The molecule has 4 nitrogen and oxygen atoms in total. The topological polar surface area (TPSA) is 44.2 Å². The minimum absolute atomic E-state index is 0.541. The second-order valence-corrected chi connectivity index (χ2v) is 5.76. The van der Waals surface area contributed by atoms with E-state index in [0.717, 1.165) is 44.0 Å². The van der Waals surface area contributed by atoms with Crippen molar-refractivity contribution in [1.29, 1.82) is 0 Å². The SMILES string of the molecule is CCCCOc1cncc([C@H]2C[C@@H]2COc2cccnc2)c1. The number of nitrogens with zero attached hydrogens (tertiary/aromatic N) is 2. The van der Waals surface area contributed by atoms with E-state index in [0.29, 0.717) is 11.8 Å². The van der Waals surface area contributed by atoms with Crippen LogP contribution in [0.15, 0.2) is 43.0 Å². The first-order valence-corrected chi connectivity index (χ1v) is 7.97. The number of pyridine rings is 2. The van der Waals surface area contributed by atoms with Crippen LogP contribution in [0.1, 0.15) is 37.7 Å². The zero-order valence-corrected chi connectivity index (χ0v) is 12.9. The average molecular weight is 298 g/mol. The zero-order valence-electron chi connectivity index (χ0n) is 12.9. The molecule has 3 rings (SSSR count). The minimum atomic E-state index is 0.541. The largest absolute Gasteiger partial charge is 0.492 e. The van der Waals surface area contributed by atoms with Crippen LogP contribution in [0, 0.1) is 5.92 Å². The molecule has 2 aromatic heterocycles. The summed E-state index contributed by atoms with van der Waals surface area (Å²) in [4.78, 5) is 8.36. The monoisotopic (exact) mass is 298 g/mol. The predicted molar refractivity (Wildman–Crippen MR) is 85.2 cm³/mol. The van der Waals surface area contributed by atoms with Gasteiger partial charge in [-0.3, -0.25) is 9.97 Å². The summed E-state index contributed by atoms with van der Waals surface area (Å²) in [7, 11) is 0. The molecular formula is C18H22N2O2. The van der Waals surface area contributed by atoms with Gasteiger partial charge in [0.1, 0.15) is 11.5 Å². The lowest BCUT2D eigenvalue weighted by molar-refractivity contribution is 0.295. The van der Waals surface area contributed by atoms with Gasteiger partial charge in [-0.15, -0.1) is 0 Å². The van der Waals surface area contributed by atoms with Crippen molar-refractivity contribution >= 4 is 0 Å². The first kappa shape index (κ1) is 14.8. The lowest BCUT2D eigenvalue weighted by Crippen LogP contribution is -2.01. The molecule has 0 saturated heterocycles. The molecule has 0 amide bonds. The van der Waals surface area contributed by atoms with Gasteiger partial charge in [0.15, 0.2) is 0 Å². The summed E-state index contributed by atoms with van der Waals surface area (Å²) in [5, 5.41) is 0. The molecule has 0 radical (unpaired) electrons. The van der Waals surface area contributed by atoms with Crippen LogP contribution in [0.5, 0.6) is 11.5 Å². The van der Waals surface area contributed by atoms with Gasteiger partial charge in [0.2, 0.25) is 0 Å². The lowest BCUT2D eigenvalue weighted by atomic mass is 10.1. The fourth-order valence-corrected chi connectivity index (χ4v) is 2.53. The van der Waals surface area contributed by atoms with Crippen LogP contribution in [0.4, 0.5) is 0 Å². The van der Waals surface area contributed by atoms with Crippen molar-refractivity contribution in [3.63, 3.8) is 0 Å². The average Bonchev–Trinajstić information content (AvgIpc) is 3.34. The summed E-state index contributed by atoms with van der Waals surface area (Å²) in [6.45, 7) is 3.66. The summed E-state index contributed by atoms with van der Waals surface area (Å²) >= 11 is 0. The van der Waals surface area contributed by atoms with Gasteiger partial charge in [0.25, 0.3) is 0 Å². The van der Waals surface area contributed by atoms with Gasteiger partial charge in [-0.1, -0.05) is 13.3 Å². The van der Waals surface area contributed by atoms with Crippen molar-refractivity contribution in [1.82, 2.24) is 9.97 Å². The number of unbranched alkanes of at least 4 members (excludes halogenated alkanes) is 1. The molecule has 0 aliphatic heterocycles. The van der Waals surface area contributed by atoms with E-state index in [9.17, 15) is 0 Å². The summed E-state index contributed by atoms with van der Waals surface area (Å²) in [6.07, 6.45) is 10.6. The molecule has 0 aromatic carbocycles. The lowest BCUT2D eigenvalue weighted by Gasteiger charge is -2.07. The maximum atomic E-state index is 5.78. The molecule has 1 aliphatic rings. The van der Waals surface area contributed by atoms with E-state index in [4.69, 9.17) is 9.47 Å². The maximum absolute atomic E-state index is 5.78. The Hall–Kier alpha value is -2.10. The molecule has 4 heteroatoms. The van der Waals surface area contributed by atoms with E-state index in [1.54, 1.807) is 18.6 Å². The van der Waals surface area contributed by atoms with Gasteiger partial charge in [0, 0.05) is 18.3 Å². The van der Waals surface area contributed by atoms with E-state index in [1.807, 2.05) is 18.3 Å². The van der Waals surface area contributed by atoms with Crippen LogP contribution in [0.25, 0.3) is 0 Å². The number of ether oxygens (including phenoxy) is 2. The molecule has 0 unspecified atom stereocenters. The molecule has 1 fully saturated rings. The van der Waals surface area contributed by atoms with Crippen LogP contribution in [-0.4, -0.2) is 23.2 Å². The molecule has 1 saturated carbocycles. The first-order chi connectivity index (χ1) is 10.9. The van der Waals surface area contributed by atoms with Crippen LogP contribution in [0.3, 0.4) is 0 Å². The fourth-order valence-electron chi connectivity index (χ4n) is 2.53. The van der Waals surface area contributed by atoms with Crippen LogP contribution in [-0.2, 0) is 0 Å². The highest BCUT2D eigenvalue weighted by molar-refractivity contribution is 5.30. The van der Waals surface area contributed by atoms with Gasteiger partial charge in [-0.05, 0) is 42.5 Å². The Morgan fingerprint density at radius 2 is 2.05 bits per heavy atom. The summed E-state index contributed by atoms with van der Waals surface area (Å²) < 4.78 is 11.5. The van der Waals surface area contributed by atoms with Crippen molar-refractivity contribution in [3.05, 3.63) is 48.5 Å². The molecule has 2 aromatic rings. The fraction of sp³-hybridized carbons (Fsp3) is 0.444. The van der Waals surface area contributed by atoms with Gasteiger partial charge < -0.3 is 9.47 Å². The maximum Gasteiger partial charge on any atom is 0.137 e. The summed E-state index contributed by atoms with van der Waals surface area (Å²) in [5.74, 6) is 2.82. The number of hydrogen-bond acceptors (Lipinski definition) is 4. The highest BCUT2D eigenvalue weighted by atomic mass is 16.5. The normalized spacial score (nSPS) is 19.7. The van der Waals surface area contributed by atoms with E-state index < -0.39 is 0 Å². The van der Waals surface area contributed by atoms with Crippen molar-refractivity contribution in [2.45, 2.75) is 32.1 Å². The van der Waals surface area contributed by atoms with Gasteiger partial charge >= 0.3 is 0 Å². The highest BCUT2D eigenvalue weighted by Gasteiger charge is 2.39. The number of hydrogen-bond donors (Lipinski definition) is 0. The molecule has 1 aliphatic carbocycles. The third-order valence-corrected chi connectivity index (χ3v) is 3.95. The first-order valence-electron chi connectivity index (χ1n) is 7.97.